The number of thiazole rings is 1. The molecule has 1 aromatic carbocycles. The van der Waals surface area contributed by atoms with Crippen molar-refractivity contribution in [3.05, 3.63) is 40.9 Å². The van der Waals surface area contributed by atoms with Crippen LogP contribution in [0.1, 0.15) is 41.7 Å². The van der Waals surface area contributed by atoms with Crippen molar-refractivity contribution in [3.63, 3.8) is 0 Å². The number of likely N-dealkylation sites (tertiary alicyclic amines) is 1. The largest absolute Gasteiger partial charge is 0.543 e. The first-order valence-electron chi connectivity index (χ1n) is 7.83. The van der Waals surface area contributed by atoms with Crippen molar-refractivity contribution in [1.29, 1.82) is 0 Å². The van der Waals surface area contributed by atoms with Gasteiger partial charge in [0, 0.05) is 16.5 Å². The fourth-order valence-corrected chi connectivity index (χ4v) is 3.90. The van der Waals surface area contributed by atoms with E-state index >= 15 is 0 Å². The average molecular weight is 316 g/mol. The van der Waals surface area contributed by atoms with Crippen LogP contribution < -0.4 is 10.0 Å². The van der Waals surface area contributed by atoms with Crippen LogP contribution in [0.2, 0.25) is 0 Å². The second-order valence-electron chi connectivity index (χ2n) is 5.82. The number of hydrogen-bond acceptors (Lipinski definition) is 4. The lowest BCUT2D eigenvalue weighted by atomic mass is 10.1. The first kappa shape index (κ1) is 15.2. The summed E-state index contributed by atoms with van der Waals surface area (Å²) >= 11 is 1.37. The Bertz CT molecular complexity index is 646. The zero-order valence-electron chi connectivity index (χ0n) is 12.5. The first-order chi connectivity index (χ1) is 10.7. The number of carboxylic acid groups (broad SMARTS) is 1. The Morgan fingerprint density at radius 2 is 1.91 bits per heavy atom. The van der Waals surface area contributed by atoms with E-state index in [9.17, 15) is 9.90 Å². The van der Waals surface area contributed by atoms with Gasteiger partial charge >= 0.3 is 0 Å². The molecule has 22 heavy (non-hydrogen) atoms. The molecule has 1 fully saturated rings. The van der Waals surface area contributed by atoms with Crippen LogP contribution in [0.15, 0.2) is 29.6 Å². The number of hydrogen-bond donors (Lipinski definition) is 1. The average Bonchev–Trinajstić information content (AvgIpc) is 2.87. The fourth-order valence-electron chi connectivity index (χ4n) is 3.05. The third kappa shape index (κ3) is 3.54. The Morgan fingerprint density at radius 1 is 1.18 bits per heavy atom. The van der Waals surface area contributed by atoms with Crippen molar-refractivity contribution in [2.45, 2.75) is 32.2 Å². The molecule has 0 amide bonds. The van der Waals surface area contributed by atoms with Gasteiger partial charge in [0.05, 0.1) is 24.8 Å². The van der Waals surface area contributed by atoms with E-state index in [1.54, 1.807) is 10.3 Å². The summed E-state index contributed by atoms with van der Waals surface area (Å²) in [7, 11) is 0. The number of aromatic carboxylic acids is 1. The molecule has 1 saturated heterocycles. The van der Waals surface area contributed by atoms with Gasteiger partial charge in [0.1, 0.15) is 11.6 Å². The van der Waals surface area contributed by atoms with Gasteiger partial charge in [0.15, 0.2) is 0 Å². The summed E-state index contributed by atoms with van der Waals surface area (Å²) in [6.45, 7) is 3.42. The van der Waals surface area contributed by atoms with Crippen LogP contribution in [0.4, 0.5) is 0 Å². The van der Waals surface area contributed by atoms with Crippen LogP contribution in [-0.2, 0) is 6.54 Å². The maximum Gasteiger partial charge on any atom is 0.124 e. The van der Waals surface area contributed by atoms with E-state index in [1.165, 1.54) is 55.7 Å². The zero-order valence-corrected chi connectivity index (χ0v) is 13.3. The quantitative estimate of drug-likeness (QED) is 0.920. The minimum atomic E-state index is -1.21. The summed E-state index contributed by atoms with van der Waals surface area (Å²) < 4.78 is 0. The number of aromatic nitrogens is 1. The minimum absolute atomic E-state index is 0.0249. The van der Waals surface area contributed by atoms with Crippen LogP contribution in [-0.4, -0.2) is 24.0 Å². The number of nitrogens with one attached hydrogen (secondary N) is 1. The lowest BCUT2D eigenvalue weighted by Gasteiger charge is -2.18. The molecular weight excluding hydrogens is 296 g/mol. The lowest BCUT2D eigenvalue weighted by molar-refractivity contribution is -0.913. The molecule has 0 unspecified atom stereocenters. The van der Waals surface area contributed by atoms with Gasteiger partial charge in [0.2, 0.25) is 0 Å². The third-order valence-corrected chi connectivity index (χ3v) is 5.09. The molecule has 0 aliphatic carbocycles. The number of rotatable bonds is 4. The Hall–Kier alpha value is -1.72. The van der Waals surface area contributed by atoms with Gasteiger partial charge in [-0.25, -0.2) is 4.98 Å². The van der Waals surface area contributed by atoms with Gasteiger partial charge in [-0.2, -0.15) is 0 Å². The molecule has 1 aliphatic rings. The van der Waals surface area contributed by atoms with E-state index in [-0.39, 0.29) is 5.69 Å². The van der Waals surface area contributed by atoms with Crippen molar-refractivity contribution >= 4 is 17.3 Å². The number of carbonyl (C=O) groups excluding carboxylic acids is 1. The highest BCUT2D eigenvalue weighted by atomic mass is 32.1. The van der Waals surface area contributed by atoms with E-state index in [1.807, 2.05) is 18.2 Å². The monoisotopic (exact) mass is 316 g/mol. The van der Waals surface area contributed by atoms with E-state index in [2.05, 4.69) is 11.1 Å². The second kappa shape index (κ2) is 7.03. The van der Waals surface area contributed by atoms with Crippen LogP contribution in [0, 0.1) is 0 Å². The second-order valence-corrected chi connectivity index (χ2v) is 6.68. The van der Waals surface area contributed by atoms with Gasteiger partial charge < -0.3 is 14.8 Å². The third-order valence-electron chi connectivity index (χ3n) is 4.21. The number of benzene rings is 1. The molecule has 0 atom stereocenters. The van der Waals surface area contributed by atoms with Crippen molar-refractivity contribution in [1.82, 2.24) is 4.98 Å². The minimum Gasteiger partial charge on any atom is -0.543 e. The van der Waals surface area contributed by atoms with E-state index in [0.29, 0.717) is 0 Å². The van der Waals surface area contributed by atoms with E-state index < -0.39 is 5.97 Å². The van der Waals surface area contributed by atoms with Crippen molar-refractivity contribution < 1.29 is 14.8 Å². The predicted octanol–water partition coefficient (Wildman–Crippen LogP) is 1.13. The molecule has 1 aliphatic heterocycles. The molecule has 5 heteroatoms. The summed E-state index contributed by atoms with van der Waals surface area (Å²) in [5.74, 6) is -1.21. The lowest BCUT2D eigenvalue weighted by Crippen LogP contribution is -3.10. The van der Waals surface area contributed by atoms with Crippen LogP contribution in [0.5, 0.6) is 0 Å². The molecule has 116 valence electrons. The van der Waals surface area contributed by atoms with Gasteiger partial charge in [-0.15, -0.1) is 11.3 Å². The highest BCUT2D eigenvalue weighted by molar-refractivity contribution is 7.13. The summed E-state index contributed by atoms with van der Waals surface area (Å²) in [5.41, 5.74) is 2.33. The summed E-state index contributed by atoms with van der Waals surface area (Å²) in [5, 5.41) is 13.2. The van der Waals surface area contributed by atoms with Gasteiger partial charge in [-0.05, 0) is 25.7 Å². The van der Waals surface area contributed by atoms with E-state index in [4.69, 9.17) is 0 Å². The molecule has 0 radical (unpaired) electrons. The summed E-state index contributed by atoms with van der Waals surface area (Å²) in [4.78, 5) is 16.7. The molecule has 1 N–H and O–H groups in total. The fraction of sp³-hybridized carbons (Fsp3) is 0.412. The van der Waals surface area contributed by atoms with Gasteiger partial charge in [-0.3, -0.25) is 0 Å². The molecule has 2 heterocycles. The Labute approximate surface area is 134 Å². The van der Waals surface area contributed by atoms with Gasteiger partial charge in [0.25, 0.3) is 0 Å². The Morgan fingerprint density at radius 3 is 2.59 bits per heavy atom. The van der Waals surface area contributed by atoms with Gasteiger partial charge in [-0.1, -0.05) is 24.3 Å². The van der Waals surface area contributed by atoms with Crippen LogP contribution >= 0.6 is 11.3 Å². The summed E-state index contributed by atoms with van der Waals surface area (Å²) in [6.07, 6.45) is 5.27. The first-order valence-corrected chi connectivity index (χ1v) is 8.71. The SMILES string of the molecule is O=C([O-])c1csc(-c2ccccc2C[NH+]2CCCCCC2)n1. The molecule has 0 saturated carbocycles. The maximum atomic E-state index is 10.9. The number of quaternary nitrogens is 1. The molecule has 0 spiro atoms. The maximum absolute atomic E-state index is 10.9. The number of carboxylic acids is 1. The Kier molecular flexibility index (Phi) is 4.85. The van der Waals surface area contributed by atoms with Crippen LogP contribution in [0.25, 0.3) is 10.6 Å². The smallest absolute Gasteiger partial charge is 0.124 e. The molecule has 2 aromatic rings. The highest BCUT2D eigenvalue weighted by Crippen LogP contribution is 2.26. The molecule has 1 aromatic heterocycles. The molecule has 3 rings (SSSR count). The molecular formula is C17H20N2O2S. The number of carbonyl (C=O) groups is 1. The summed E-state index contributed by atoms with van der Waals surface area (Å²) in [6, 6.07) is 8.19. The topological polar surface area (TPSA) is 57.5 Å². The van der Waals surface area contributed by atoms with E-state index in [0.717, 1.165) is 17.1 Å². The molecule has 0 bridgehead atoms. The predicted molar refractivity (Wildman–Crippen MR) is 84.7 cm³/mol. The normalized spacial score (nSPS) is 16.4. The van der Waals surface area contributed by atoms with Crippen LogP contribution in [0.3, 0.4) is 0 Å². The Balaban J connectivity index is 1.83. The number of nitrogens with zero attached hydrogens (tertiary/aromatic N) is 1. The highest BCUT2D eigenvalue weighted by Gasteiger charge is 2.16. The standard InChI is InChI=1S/C17H20N2O2S/c20-17(21)15-12-22-16(18-15)14-8-4-3-7-13(14)11-19-9-5-1-2-6-10-19/h3-4,7-8,12H,1-2,5-6,9-11H2,(H,20,21). The van der Waals surface area contributed by atoms with Crippen molar-refractivity contribution in [2.75, 3.05) is 13.1 Å². The van der Waals surface area contributed by atoms with Crippen molar-refractivity contribution in [2.24, 2.45) is 0 Å². The zero-order chi connectivity index (χ0) is 15.4. The molecule has 4 nitrogen and oxygen atoms in total. The van der Waals surface area contributed by atoms with Crippen molar-refractivity contribution in [3.8, 4) is 10.6 Å².